The fourth-order valence-electron chi connectivity index (χ4n) is 1.03. The van der Waals surface area contributed by atoms with Gasteiger partial charge in [-0.2, -0.15) is 25.3 Å². The van der Waals surface area contributed by atoms with E-state index in [1.54, 1.807) is 0 Å². The normalized spacial score (nSPS) is 27.9. The molecule has 2 atom stereocenters. The van der Waals surface area contributed by atoms with Crippen LogP contribution in [-0.4, -0.2) is 43.7 Å². The van der Waals surface area contributed by atoms with Crippen molar-refractivity contribution in [2.45, 2.75) is 9.16 Å². The van der Waals surface area contributed by atoms with Gasteiger partial charge < -0.3 is 0 Å². The molecule has 14 heavy (non-hydrogen) atoms. The molecule has 0 radical (unpaired) electrons. The van der Waals surface area contributed by atoms with Crippen LogP contribution in [0.5, 0.6) is 0 Å². The van der Waals surface area contributed by atoms with E-state index in [0.29, 0.717) is 0 Å². The Balaban J connectivity index is 2.05. The van der Waals surface area contributed by atoms with Crippen molar-refractivity contribution in [3.8, 4) is 0 Å². The van der Waals surface area contributed by atoms with Crippen molar-refractivity contribution in [3.63, 3.8) is 0 Å². The summed E-state index contributed by atoms with van der Waals surface area (Å²) < 4.78 is 1.61. The first-order valence-corrected chi connectivity index (χ1v) is 10.0. The second kappa shape index (κ2) is 9.16. The van der Waals surface area contributed by atoms with Crippen molar-refractivity contribution in [2.75, 3.05) is 34.5 Å². The molecule has 1 rings (SSSR count). The first-order chi connectivity index (χ1) is 6.86. The lowest BCUT2D eigenvalue weighted by Crippen LogP contribution is -2.17. The summed E-state index contributed by atoms with van der Waals surface area (Å²) in [7, 11) is 0. The Bertz CT molecular complexity index is 118. The molecule has 1 fully saturated rings. The highest BCUT2D eigenvalue weighted by atomic mass is 32.2. The smallest absolute Gasteiger partial charge is 0.0594 e. The van der Waals surface area contributed by atoms with E-state index in [9.17, 15) is 0 Å². The van der Waals surface area contributed by atoms with Gasteiger partial charge in [0.1, 0.15) is 0 Å². The highest BCUT2D eigenvalue weighted by Crippen LogP contribution is 2.40. The van der Waals surface area contributed by atoms with Crippen molar-refractivity contribution >= 4 is 72.3 Å². The highest BCUT2D eigenvalue weighted by Gasteiger charge is 2.21. The maximum Gasteiger partial charge on any atom is 0.0594 e. The Hall–Kier alpha value is 2.10. The summed E-state index contributed by atoms with van der Waals surface area (Å²) in [5.41, 5.74) is 0. The zero-order chi connectivity index (χ0) is 10.2. The Morgan fingerprint density at radius 3 is 1.64 bits per heavy atom. The topological polar surface area (TPSA) is 0 Å². The van der Waals surface area contributed by atoms with Gasteiger partial charge in [0.15, 0.2) is 0 Å². The minimum absolute atomic E-state index is 0.806. The largest absolute Gasteiger partial charge is 0.179 e. The van der Waals surface area contributed by atoms with Crippen LogP contribution in [0, 0.1) is 0 Å². The van der Waals surface area contributed by atoms with Crippen molar-refractivity contribution in [2.24, 2.45) is 0 Å². The Morgan fingerprint density at radius 2 is 1.36 bits per heavy atom. The number of hydrogen-bond donors (Lipinski definition) is 2. The minimum atomic E-state index is 0.806. The van der Waals surface area contributed by atoms with Gasteiger partial charge in [0, 0.05) is 23.0 Å². The third-order valence-electron chi connectivity index (χ3n) is 1.63. The zero-order valence-corrected chi connectivity index (χ0v) is 13.0. The van der Waals surface area contributed by atoms with Crippen LogP contribution < -0.4 is 0 Å². The SMILES string of the molecule is SCCS[C@H]1CS[C@@H](SCCS)CS1. The van der Waals surface area contributed by atoms with E-state index in [-0.39, 0.29) is 0 Å². The number of hydrogen-bond acceptors (Lipinski definition) is 6. The van der Waals surface area contributed by atoms with E-state index in [1.807, 2.05) is 0 Å². The number of thioether (sulfide) groups is 4. The second-order valence-corrected chi connectivity index (χ2v) is 9.30. The minimum Gasteiger partial charge on any atom is -0.179 e. The van der Waals surface area contributed by atoms with E-state index in [0.717, 1.165) is 20.7 Å². The summed E-state index contributed by atoms with van der Waals surface area (Å²) in [5, 5.41) is 0. The fraction of sp³-hybridized carbons (Fsp3) is 1.00. The van der Waals surface area contributed by atoms with Gasteiger partial charge in [-0.1, -0.05) is 0 Å². The average molecular weight is 305 g/mol. The standard InChI is InChI=1S/C8H16S6/c9-1-3-11-7-5-14-8(6-13-7)12-4-2-10/h7-10H,1-6H2/t7-,8-/m1/s1. The molecular weight excluding hydrogens is 288 g/mol. The highest BCUT2D eigenvalue weighted by molar-refractivity contribution is 8.23. The van der Waals surface area contributed by atoms with Gasteiger partial charge in [0.2, 0.25) is 0 Å². The summed E-state index contributed by atoms with van der Waals surface area (Å²) in [6, 6.07) is 0. The number of rotatable bonds is 6. The molecule has 0 unspecified atom stereocenters. The molecule has 0 nitrogen and oxygen atoms in total. The van der Waals surface area contributed by atoms with Crippen LogP contribution in [0.15, 0.2) is 0 Å². The van der Waals surface area contributed by atoms with Gasteiger partial charge in [0.25, 0.3) is 0 Å². The zero-order valence-electron chi connectivity index (χ0n) is 7.92. The van der Waals surface area contributed by atoms with Crippen LogP contribution in [0.3, 0.4) is 0 Å². The van der Waals surface area contributed by atoms with Crippen LogP contribution in [0.4, 0.5) is 0 Å². The Labute approximate surface area is 115 Å². The molecule has 0 amide bonds. The van der Waals surface area contributed by atoms with Crippen molar-refractivity contribution in [1.29, 1.82) is 0 Å². The molecule has 0 aromatic heterocycles. The Morgan fingerprint density at radius 1 is 0.929 bits per heavy atom. The second-order valence-electron chi connectivity index (χ2n) is 2.71. The summed E-state index contributed by atoms with van der Waals surface area (Å²) in [5.74, 6) is 6.99. The summed E-state index contributed by atoms with van der Waals surface area (Å²) in [6.07, 6.45) is 0. The molecule has 6 heteroatoms. The van der Waals surface area contributed by atoms with Crippen LogP contribution in [-0.2, 0) is 0 Å². The third-order valence-corrected chi connectivity index (χ3v) is 9.24. The van der Waals surface area contributed by atoms with E-state index in [1.165, 1.54) is 23.0 Å². The third kappa shape index (κ3) is 5.99. The van der Waals surface area contributed by atoms with E-state index in [2.05, 4.69) is 72.3 Å². The maximum absolute atomic E-state index is 4.23. The first kappa shape index (κ1) is 14.2. The van der Waals surface area contributed by atoms with Gasteiger partial charge >= 0.3 is 0 Å². The molecular formula is C8H16S6. The molecule has 1 aliphatic heterocycles. The van der Waals surface area contributed by atoms with Crippen molar-refractivity contribution in [1.82, 2.24) is 0 Å². The van der Waals surface area contributed by atoms with Gasteiger partial charge in [-0.25, -0.2) is 0 Å². The lowest BCUT2D eigenvalue weighted by Gasteiger charge is -2.26. The van der Waals surface area contributed by atoms with Crippen LogP contribution in [0.25, 0.3) is 0 Å². The molecule has 0 saturated carbocycles. The fourth-order valence-corrected chi connectivity index (χ4v) is 7.44. The molecule has 0 aliphatic carbocycles. The van der Waals surface area contributed by atoms with Gasteiger partial charge in [-0.05, 0) is 11.5 Å². The van der Waals surface area contributed by atoms with E-state index in [4.69, 9.17) is 0 Å². The van der Waals surface area contributed by atoms with Crippen LogP contribution in [0.1, 0.15) is 0 Å². The molecule has 84 valence electrons. The monoisotopic (exact) mass is 304 g/mol. The van der Waals surface area contributed by atoms with Crippen molar-refractivity contribution < 1.29 is 0 Å². The van der Waals surface area contributed by atoms with Crippen molar-refractivity contribution in [3.05, 3.63) is 0 Å². The molecule has 0 aromatic rings. The molecule has 1 heterocycles. The summed E-state index contributed by atoms with van der Waals surface area (Å²) >= 11 is 16.8. The molecule has 0 aromatic carbocycles. The molecule has 0 bridgehead atoms. The van der Waals surface area contributed by atoms with Gasteiger partial charge in [-0.15, -0.1) is 47.0 Å². The number of thiol groups is 2. The first-order valence-electron chi connectivity index (χ1n) is 4.55. The lowest BCUT2D eigenvalue weighted by atomic mass is 10.9. The quantitative estimate of drug-likeness (QED) is 0.721. The molecule has 1 saturated heterocycles. The van der Waals surface area contributed by atoms with Gasteiger partial charge in [0.05, 0.1) is 9.16 Å². The summed E-state index contributed by atoms with van der Waals surface area (Å²) in [4.78, 5) is 0. The predicted molar refractivity (Wildman–Crippen MR) is 85.1 cm³/mol. The van der Waals surface area contributed by atoms with Crippen LogP contribution in [0.2, 0.25) is 0 Å². The molecule has 0 N–H and O–H groups in total. The average Bonchev–Trinajstić information content (AvgIpc) is 2.25. The van der Waals surface area contributed by atoms with Crippen LogP contribution >= 0.6 is 72.3 Å². The lowest BCUT2D eigenvalue weighted by molar-refractivity contribution is 1.31. The molecule has 1 aliphatic rings. The molecule has 0 spiro atoms. The summed E-state index contributed by atoms with van der Waals surface area (Å²) in [6.45, 7) is 0. The van der Waals surface area contributed by atoms with Gasteiger partial charge in [-0.3, -0.25) is 0 Å². The maximum atomic E-state index is 4.23. The van der Waals surface area contributed by atoms with E-state index >= 15 is 0 Å². The van der Waals surface area contributed by atoms with E-state index < -0.39 is 0 Å². The predicted octanol–water partition coefficient (Wildman–Crippen LogP) is 3.44. The Kier molecular flexibility index (Phi) is 9.27.